The third-order valence-electron chi connectivity index (χ3n) is 8.23. The van der Waals surface area contributed by atoms with E-state index in [-0.39, 0.29) is 31.2 Å². The fourth-order valence-electron chi connectivity index (χ4n) is 5.95. The molecule has 1 aromatic heterocycles. The van der Waals surface area contributed by atoms with Gasteiger partial charge < -0.3 is 24.8 Å². The number of carbonyl (C=O) groups excluding carboxylic acids is 1. The van der Waals surface area contributed by atoms with Crippen LogP contribution in [0.15, 0.2) is 42.1 Å². The fraction of sp³-hybridized carbons (Fsp3) is 0.438. The van der Waals surface area contributed by atoms with Crippen LogP contribution in [0.5, 0.6) is 5.75 Å². The number of amides is 1. The van der Waals surface area contributed by atoms with E-state index in [1.807, 2.05) is 23.2 Å². The van der Waals surface area contributed by atoms with Gasteiger partial charge in [-0.1, -0.05) is 58.5 Å². The van der Waals surface area contributed by atoms with E-state index in [0.29, 0.717) is 58.1 Å². The monoisotopic (exact) mass is 695 g/mol. The molecule has 2 aromatic carbocycles. The quantitative estimate of drug-likeness (QED) is 0.182. The van der Waals surface area contributed by atoms with E-state index >= 15 is 0 Å². The fourth-order valence-corrected chi connectivity index (χ4v) is 7.89. The van der Waals surface area contributed by atoms with E-state index in [4.69, 9.17) is 61.0 Å². The first kappa shape index (κ1) is 32.1. The van der Waals surface area contributed by atoms with Gasteiger partial charge >= 0.3 is 0 Å². The van der Waals surface area contributed by atoms with E-state index in [1.165, 1.54) is 0 Å². The first-order valence-corrected chi connectivity index (χ1v) is 17.1. The van der Waals surface area contributed by atoms with Crippen molar-refractivity contribution >= 4 is 69.2 Å². The van der Waals surface area contributed by atoms with Crippen LogP contribution in [0.4, 0.5) is 0 Å². The number of carbonyl (C=O) groups is 1. The zero-order valence-corrected chi connectivity index (χ0v) is 27.8. The summed E-state index contributed by atoms with van der Waals surface area (Å²) >= 11 is 27.0. The summed E-state index contributed by atoms with van der Waals surface area (Å²) in [5, 5.41) is 15.4. The van der Waals surface area contributed by atoms with Gasteiger partial charge in [0.2, 0.25) is 0 Å². The van der Waals surface area contributed by atoms with Gasteiger partial charge in [0.15, 0.2) is 5.75 Å². The zero-order valence-electron chi connectivity index (χ0n) is 24.0. The average molecular weight is 698 g/mol. The van der Waals surface area contributed by atoms with Gasteiger partial charge in [-0.25, -0.2) is 4.98 Å². The number of rotatable bonds is 13. The van der Waals surface area contributed by atoms with Crippen molar-refractivity contribution in [3.8, 4) is 5.75 Å². The molecule has 12 heteroatoms. The number of nitrogens with one attached hydrogen (secondary N) is 1. The second-order valence-corrected chi connectivity index (χ2v) is 14.1. The summed E-state index contributed by atoms with van der Waals surface area (Å²) in [6.07, 6.45) is 7.11. The van der Waals surface area contributed by atoms with Crippen molar-refractivity contribution in [3.63, 3.8) is 0 Å². The second-order valence-electron chi connectivity index (χ2n) is 11.3. The Morgan fingerprint density at radius 3 is 2.61 bits per heavy atom. The molecule has 2 fully saturated rings. The maximum atomic E-state index is 14.3. The van der Waals surface area contributed by atoms with Crippen LogP contribution >= 0.6 is 57.7 Å². The Morgan fingerprint density at radius 1 is 1.07 bits per heavy atom. The molecule has 1 saturated heterocycles. The van der Waals surface area contributed by atoms with Gasteiger partial charge in [0.05, 0.1) is 38.2 Å². The van der Waals surface area contributed by atoms with Crippen LogP contribution in [0.1, 0.15) is 53.1 Å². The molecule has 44 heavy (non-hydrogen) atoms. The molecule has 3 heterocycles. The van der Waals surface area contributed by atoms with Crippen LogP contribution in [-0.4, -0.2) is 58.8 Å². The van der Waals surface area contributed by atoms with Crippen LogP contribution in [0.25, 0.3) is 5.57 Å². The Balaban J connectivity index is 1.12. The maximum Gasteiger partial charge on any atom is 0.252 e. The number of ether oxygens (including phenoxy) is 2. The number of benzene rings is 2. The minimum Gasteiger partial charge on any atom is -0.488 e. The van der Waals surface area contributed by atoms with Gasteiger partial charge in [0.25, 0.3) is 5.91 Å². The molecule has 234 valence electrons. The van der Waals surface area contributed by atoms with Crippen molar-refractivity contribution in [2.45, 2.75) is 69.8 Å². The lowest BCUT2D eigenvalue weighted by atomic mass is 9.93. The number of aliphatic hydroxyl groups is 1. The molecule has 2 aliphatic heterocycles. The third-order valence-corrected chi connectivity index (χ3v) is 10.7. The average Bonchev–Trinajstić information content (AvgIpc) is 3.61. The van der Waals surface area contributed by atoms with Gasteiger partial charge in [0.1, 0.15) is 11.6 Å². The highest BCUT2D eigenvalue weighted by Gasteiger charge is 2.42. The smallest absolute Gasteiger partial charge is 0.252 e. The number of thiazole rings is 1. The third kappa shape index (κ3) is 7.24. The van der Waals surface area contributed by atoms with E-state index in [9.17, 15) is 4.79 Å². The summed E-state index contributed by atoms with van der Waals surface area (Å²) in [5.74, 6) is 0.471. The minimum absolute atomic E-state index is 0.0182. The van der Waals surface area contributed by atoms with E-state index < -0.39 is 0 Å². The Morgan fingerprint density at radius 2 is 1.86 bits per heavy atom. The predicted octanol–water partition coefficient (Wildman–Crippen LogP) is 7.36. The lowest BCUT2D eigenvalue weighted by Gasteiger charge is -2.31. The van der Waals surface area contributed by atoms with Crippen LogP contribution in [0.3, 0.4) is 0 Å². The van der Waals surface area contributed by atoms with Crippen molar-refractivity contribution in [2.24, 2.45) is 0 Å². The molecule has 1 saturated carbocycles. The molecule has 7 nitrogen and oxygen atoms in total. The molecule has 1 unspecified atom stereocenters. The number of halogens is 4. The molecule has 2 N–H and O–H groups in total. The second kappa shape index (κ2) is 14.3. The predicted molar refractivity (Wildman–Crippen MR) is 176 cm³/mol. The molecular weight excluding hydrogens is 664 g/mol. The molecule has 3 aliphatic rings. The first-order valence-electron chi connectivity index (χ1n) is 14.8. The summed E-state index contributed by atoms with van der Waals surface area (Å²) in [5.41, 5.74) is 3.65. The molecule has 6 rings (SSSR count). The lowest BCUT2D eigenvalue weighted by Crippen LogP contribution is -2.44. The highest BCUT2D eigenvalue weighted by atomic mass is 35.5. The molecular formula is C32H33Cl4N3O4S. The number of nitrogens with zero attached hydrogens (tertiary/aromatic N) is 2. The Labute approximate surface area is 281 Å². The normalized spacial score (nSPS) is 19.5. The van der Waals surface area contributed by atoms with Gasteiger partial charge in [-0.15, -0.1) is 11.3 Å². The Hall–Kier alpha value is -1.88. The van der Waals surface area contributed by atoms with E-state index in [0.717, 1.165) is 64.3 Å². The molecule has 0 spiro atoms. The van der Waals surface area contributed by atoms with Crippen LogP contribution < -0.4 is 10.1 Å². The zero-order chi connectivity index (χ0) is 30.8. The van der Waals surface area contributed by atoms with Gasteiger partial charge in [-0.2, -0.15) is 0 Å². The Bertz CT molecular complexity index is 1540. The van der Waals surface area contributed by atoms with Crippen LogP contribution in [0, 0.1) is 0 Å². The van der Waals surface area contributed by atoms with Crippen LogP contribution in [-0.2, 0) is 29.1 Å². The molecule has 0 radical (unpaired) electrons. The lowest BCUT2D eigenvalue weighted by molar-refractivity contribution is -0.128. The summed E-state index contributed by atoms with van der Waals surface area (Å²) < 4.78 is 11.6. The van der Waals surface area contributed by atoms with Crippen LogP contribution in [0.2, 0.25) is 20.1 Å². The molecule has 1 aliphatic carbocycles. The summed E-state index contributed by atoms with van der Waals surface area (Å²) in [6, 6.07) is 9.67. The standard InChI is InChI=1S/C32H33Cl4N3O4S/c33-23-3-1-2-19(30(23)36)16-39(21-5-6-21)32(41)29-22(14-20-4-7-26(29)38-20)27-15-37-28(44-27)17-42-10-11-43-31-24(34)12-18(8-9-40)13-25(31)35/h1-3,12-13,15,20-21,26,38,40H,4-11,14,16-17H2/t20?,26-/m0/s1. The SMILES string of the molecule is O=C(C1=C(c2cnc(COCCOc3c(Cl)cc(CCO)cc3Cl)s2)CC2CC[C@@H]1N2)N(Cc1cccc(Cl)c1Cl)C1CC1. The minimum atomic E-state index is 0.0182. The highest BCUT2D eigenvalue weighted by Crippen LogP contribution is 2.42. The largest absolute Gasteiger partial charge is 0.488 e. The van der Waals surface area contributed by atoms with Crippen molar-refractivity contribution in [1.29, 1.82) is 0 Å². The highest BCUT2D eigenvalue weighted by molar-refractivity contribution is 7.12. The summed E-state index contributed by atoms with van der Waals surface area (Å²) in [7, 11) is 0. The number of fused-ring (bicyclic) bond motifs is 2. The van der Waals surface area contributed by atoms with Crippen molar-refractivity contribution < 1.29 is 19.4 Å². The van der Waals surface area contributed by atoms with Crippen molar-refractivity contribution in [2.75, 3.05) is 19.8 Å². The molecule has 3 aromatic rings. The number of hydrogen-bond donors (Lipinski definition) is 2. The molecule has 1 amide bonds. The van der Waals surface area contributed by atoms with E-state index in [2.05, 4.69) is 10.3 Å². The Kier molecular flexibility index (Phi) is 10.4. The summed E-state index contributed by atoms with van der Waals surface area (Å²) in [6.45, 7) is 1.37. The number of aliphatic hydroxyl groups excluding tert-OH is 1. The van der Waals surface area contributed by atoms with Crippen molar-refractivity contribution in [1.82, 2.24) is 15.2 Å². The number of aromatic nitrogens is 1. The molecule has 2 atom stereocenters. The van der Waals surface area contributed by atoms with E-state index in [1.54, 1.807) is 29.5 Å². The molecule has 2 bridgehead atoms. The summed E-state index contributed by atoms with van der Waals surface area (Å²) in [4.78, 5) is 21.9. The topological polar surface area (TPSA) is 83.9 Å². The first-order chi connectivity index (χ1) is 21.3. The maximum absolute atomic E-state index is 14.3. The van der Waals surface area contributed by atoms with Gasteiger partial charge in [-0.3, -0.25) is 4.79 Å². The van der Waals surface area contributed by atoms with Gasteiger partial charge in [0, 0.05) is 43.0 Å². The van der Waals surface area contributed by atoms with Crippen molar-refractivity contribution in [3.05, 3.63) is 83.2 Å². The number of hydrogen-bond acceptors (Lipinski definition) is 7. The van der Waals surface area contributed by atoms with Gasteiger partial charge in [-0.05, 0) is 73.4 Å².